The summed E-state index contributed by atoms with van der Waals surface area (Å²) in [5.74, 6) is 2.30. The largest absolute Gasteiger partial charge is 0.351 e. The van der Waals surface area contributed by atoms with Crippen LogP contribution in [0.4, 0.5) is 17.6 Å². The lowest BCUT2D eigenvalue weighted by Gasteiger charge is -2.47. The zero-order valence-electron chi connectivity index (χ0n) is 15.7. The number of hydrogen-bond acceptors (Lipinski definition) is 7. The first kappa shape index (κ1) is 16.9. The van der Waals surface area contributed by atoms with Crippen LogP contribution in [-0.4, -0.2) is 50.2 Å². The quantitative estimate of drug-likeness (QED) is 0.634. The summed E-state index contributed by atoms with van der Waals surface area (Å²) in [6, 6.07) is 5.85. The van der Waals surface area contributed by atoms with Crippen molar-refractivity contribution in [3.8, 4) is 0 Å². The van der Waals surface area contributed by atoms with Crippen molar-refractivity contribution in [2.24, 2.45) is 0 Å². The van der Waals surface area contributed by atoms with Gasteiger partial charge in [0.1, 0.15) is 10.6 Å². The van der Waals surface area contributed by atoms with Crippen LogP contribution < -0.4 is 10.6 Å². The third kappa shape index (κ3) is 3.27. The van der Waals surface area contributed by atoms with Gasteiger partial charge >= 0.3 is 0 Å². The van der Waals surface area contributed by atoms with Crippen LogP contribution in [-0.2, 0) is 0 Å². The van der Waals surface area contributed by atoms with Gasteiger partial charge in [0.05, 0.1) is 5.39 Å². The van der Waals surface area contributed by atoms with Crippen molar-refractivity contribution in [3.63, 3.8) is 0 Å². The standard InChI is InChI=1S/C19H25N7S/c1-11-8-16(25-24-11)21-17-15-6-7-27-18(15)23-19(22-17)20-12-9-13-4-3-5-14(10-12)26(13)2/h6-8,12-14H,3-5,9-10H2,1-2H3,(H3,20,21,22,23,24,25)/t12?,13-,14+. The molecule has 2 aliphatic heterocycles. The van der Waals surface area contributed by atoms with E-state index in [9.17, 15) is 0 Å². The van der Waals surface area contributed by atoms with Crippen LogP contribution in [0, 0.1) is 6.92 Å². The van der Waals surface area contributed by atoms with Gasteiger partial charge in [-0.1, -0.05) is 6.42 Å². The number of rotatable bonds is 4. The van der Waals surface area contributed by atoms with E-state index in [0.717, 1.165) is 27.5 Å². The monoisotopic (exact) mass is 383 g/mol. The second-order valence-corrected chi connectivity index (χ2v) is 8.71. The van der Waals surface area contributed by atoms with Crippen LogP contribution in [0.1, 0.15) is 37.8 Å². The SMILES string of the molecule is Cc1cc(Nc2nc(NC3C[C@H]4CCC[C@@H](C3)N4C)nc3sccc23)n[nH]1. The molecule has 3 N–H and O–H groups in total. The van der Waals surface area contributed by atoms with E-state index in [4.69, 9.17) is 9.97 Å². The maximum atomic E-state index is 4.79. The molecule has 5 rings (SSSR count). The lowest BCUT2D eigenvalue weighted by atomic mass is 9.82. The third-order valence-corrected chi connectivity index (χ3v) is 6.76. The van der Waals surface area contributed by atoms with Crippen LogP contribution in [0.25, 0.3) is 10.2 Å². The smallest absolute Gasteiger partial charge is 0.226 e. The molecule has 2 fully saturated rings. The lowest BCUT2D eigenvalue weighted by molar-refractivity contribution is 0.0607. The molecule has 0 aromatic carbocycles. The first-order chi connectivity index (χ1) is 13.2. The summed E-state index contributed by atoms with van der Waals surface area (Å²) in [6.07, 6.45) is 6.31. The zero-order valence-corrected chi connectivity index (χ0v) is 16.5. The summed E-state index contributed by atoms with van der Waals surface area (Å²) < 4.78 is 0. The molecule has 3 atom stereocenters. The molecular weight excluding hydrogens is 358 g/mol. The summed E-state index contributed by atoms with van der Waals surface area (Å²) >= 11 is 1.64. The summed E-state index contributed by atoms with van der Waals surface area (Å²) in [5, 5.41) is 17.3. The van der Waals surface area contributed by atoms with E-state index in [0.29, 0.717) is 24.1 Å². The second-order valence-electron chi connectivity index (χ2n) is 7.81. The lowest BCUT2D eigenvalue weighted by Crippen LogP contribution is -2.52. The number of hydrogen-bond donors (Lipinski definition) is 3. The van der Waals surface area contributed by atoms with Gasteiger partial charge in [-0.15, -0.1) is 11.3 Å². The average Bonchev–Trinajstić information content (AvgIpc) is 3.25. The Morgan fingerprint density at radius 2 is 2.04 bits per heavy atom. The second kappa shape index (κ2) is 6.76. The number of aromatic amines is 1. The van der Waals surface area contributed by atoms with Gasteiger partial charge in [0, 0.05) is 29.9 Å². The number of fused-ring (bicyclic) bond motifs is 3. The van der Waals surface area contributed by atoms with Gasteiger partial charge in [-0.05, 0) is 51.1 Å². The van der Waals surface area contributed by atoms with E-state index < -0.39 is 0 Å². The van der Waals surface area contributed by atoms with Crippen LogP contribution in [0.5, 0.6) is 0 Å². The predicted molar refractivity (Wildman–Crippen MR) is 110 cm³/mol. The van der Waals surface area contributed by atoms with Gasteiger partial charge in [0.2, 0.25) is 5.95 Å². The Balaban J connectivity index is 1.40. The normalized spacial score (nSPS) is 25.6. The number of nitrogens with one attached hydrogen (secondary N) is 3. The molecule has 27 heavy (non-hydrogen) atoms. The Labute approximate surface area is 162 Å². The maximum Gasteiger partial charge on any atom is 0.226 e. The number of anilines is 3. The fourth-order valence-electron chi connectivity index (χ4n) is 4.53. The van der Waals surface area contributed by atoms with E-state index in [1.54, 1.807) is 11.3 Å². The Bertz CT molecular complexity index is 935. The van der Waals surface area contributed by atoms with Crippen molar-refractivity contribution in [2.75, 3.05) is 17.7 Å². The van der Waals surface area contributed by atoms with Crippen molar-refractivity contribution in [1.29, 1.82) is 0 Å². The van der Waals surface area contributed by atoms with Gasteiger partial charge in [0.15, 0.2) is 5.82 Å². The number of aromatic nitrogens is 4. The minimum Gasteiger partial charge on any atom is -0.351 e. The predicted octanol–water partition coefficient (Wildman–Crippen LogP) is 3.89. The first-order valence-corrected chi connectivity index (χ1v) is 10.6. The van der Waals surface area contributed by atoms with Crippen molar-refractivity contribution in [3.05, 3.63) is 23.2 Å². The van der Waals surface area contributed by atoms with Gasteiger partial charge in [-0.25, -0.2) is 4.98 Å². The Morgan fingerprint density at radius 1 is 1.22 bits per heavy atom. The summed E-state index contributed by atoms with van der Waals surface area (Å²) in [6.45, 7) is 1.99. The number of H-pyrrole nitrogens is 1. The van der Waals surface area contributed by atoms with Gasteiger partial charge in [-0.3, -0.25) is 5.10 Å². The molecule has 0 spiro atoms. The number of nitrogens with zero attached hydrogens (tertiary/aromatic N) is 4. The molecule has 3 aromatic rings. The van der Waals surface area contributed by atoms with E-state index in [2.05, 4.69) is 44.2 Å². The summed E-state index contributed by atoms with van der Waals surface area (Å²) in [5.41, 5.74) is 1.02. The molecule has 3 aromatic heterocycles. The minimum atomic E-state index is 0.439. The summed E-state index contributed by atoms with van der Waals surface area (Å²) in [4.78, 5) is 13.1. The highest BCUT2D eigenvalue weighted by atomic mass is 32.1. The highest BCUT2D eigenvalue weighted by Crippen LogP contribution is 2.34. The molecule has 0 aliphatic carbocycles. The minimum absolute atomic E-state index is 0.439. The highest BCUT2D eigenvalue weighted by Gasteiger charge is 2.36. The maximum absolute atomic E-state index is 4.79. The van der Waals surface area contributed by atoms with Crippen LogP contribution in [0.2, 0.25) is 0 Å². The van der Waals surface area contributed by atoms with Gasteiger partial charge < -0.3 is 15.5 Å². The zero-order chi connectivity index (χ0) is 18.4. The van der Waals surface area contributed by atoms with E-state index in [1.165, 1.54) is 32.1 Å². The van der Waals surface area contributed by atoms with E-state index in [-0.39, 0.29) is 0 Å². The van der Waals surface area contributed by atoms with Gasteiger partial charge in [0.25, 0.3) is 0 Å². The Hall–Kier alpha value is -2.19. The molecule has 8 heteroatoms. The fourth-order valence-corrected chi connectivity index (χ4v) is 5.30. The van der Waals surface area contributed by atoms with Crippen LogP contribution in [0.3, 0.4) is 0 Å². The third-order valence-electron chi connectivity index (χ3n) is 5.95. The van der Waals surface area contributed by atoms with Crippen molar-refractivity contribution in [1.82, 2.24) is 25.1 Å². The van der Waals surface area contributed by atoms with Crippen molar-refractivity contribution in [2.45, 2.75) is 57.2 Å². The van der Waals surface area contributed by atoms with Crippen LogP contribution >= 0.6 is 11.3 Å². The Kier molecular flexibility index (Phi) is 4.24. The van der Waals surface area contributed by atoms with Crippen LogP contribution in [0.15, 0.2) is 17.5 Å². The molecule has 7 nitrogen and oxygen atoms in total. The number of aryl methyl sites for hydroxylation is 1. The molecule has 2 aliphatic rings. The average molecular weight is 384 g/mol. The summed E-state index contributed by atoms with van der Waals surface area (Å²) in [7, 11) is 2.28. The molecule has 142 valence electrons. The number of thiophene rings is 1. The molecule has 0 amide bonds. The first-order valence-electron chi connectivity index (χ1n) is 9.68. The number of piperidine rings is 2. The molecule has 2 saturated heterocycles. The molecule has 0 saturated carbocycles. The molecule has 1 unspecified atom stereocenters. The van der Waals surface area contributed by atoms with Gasteiger partial charge in [-0.2, -0.15) is 10.1 Å². The molecule has 5 heterocycles. The van der Waals surface area contributed by atoms with E-state index >= 15 is 0 Å². The molecule has 2 bridgehead atoms. The fraction of sp³-hybridized carbons (Fsp3) is 0.526. The van der Waals surface area contributed by atoms with Crippen molar-refractivity contribution >= 4 is 39.1 Å². The highest BCUT2D eigenvalue weighted by molar-refractivity contribution is 7.16. The molecular formula is C19H25N7S. The topological polar surface area (TPSA) is 81.8 Å². The van der Waals surface area contributed by atoms with E-state index in [1.807, 2.05) is 13.0 Å². The Morgan fingerprint density at radius 3 is 2.78 bits per heavy atom. The van der Waals surface area contributed by atoms with Crippen molar-refractivity contribution < 1.29 is 0 Å². The molecule has 0 radical (unpaired) electrons.